The Bertz CT molecular complexity index is 268. The number of halogens is 1. The molecule has 1 aromatic rings. The van der Waals surface area contributed by atoms with E-state index >= 15 is 0 Å². The summed E-state index contributed by atoms with van der Waals surface area (Å²) in [6, 6.07) is 8.04. The van der Waals surface area contributed by atoms with E-state index in [9.17, 15) is 0 Å². The van der Waals surface area contributed by atoms with Crippen LogP contribution in [0.2, 0.25) is 0 Å². The number of hydrogen-bond acceptors (Lipinski definition) is 2. The lowest BCUT2D eigenvalue weighted by atomic mass is 9.87. The second-order valence-electron chi connectivity index (χ2n) is 3.88. The van der Waals surface area contributed by atoms with Gasteiger partial charge in [0.05, 0.1) is 0 Å². The van der Waals surface area contributed by atoms with Gasteiger partial charge < -0.3 is 16.9 Å². The van der Waals surface area contributed by atoms with E-state index in [4.69, 9.17) is 5.73 Å². The average Bonchev–Trinajstić information content (AvgIpc) is 2.64. The summed E-state index contributed by atoms with van der Waals surface area (Å²) in [5.74, 6) is 0. The minimum absolute atomic E-state index is 0. The van der Waals surface area contributed by atoms with Crippen molar-refractivity contribution in [1.82, 2.24) is 0 Å². The Hall–Kier alpha value is -0.770. The third-order valence-electron chi connectivity index (χ3n) is 1.75. The van der Waals surface area contributed by atoms with Gasteiger partial charge in [0, 0.05) is 7.11 Å². The fourth-order valence-electron chi connectivity index (χ4n) is 1.01. The molecule has 0 amide bonds. The Morgan fingerprint density at radius 3 is 1.16 bits per heavy atom. The van der Waals surface area contributed by atoms with Crippen LogP contribution in [0.3, 0.4) is 0 Å². The lowest BCUT2D eigenvalue weighted by molar-refractivity contribution is 0.590. The van der Waals surface area contributed by atoms with Crippen molar-refractivity contribution in [3.05, 3.63) is 29.8 Å². The minimum Gasteiger partial charge on any atom is -0.412 e. The van der Waals surface area contributed by atoms with Crippen LogP contribution in [0.25, 0.3) is 0 Å². The van der Waals surface area contributed by atoms with E-state index in [1.54, 1.807) is 0 Å². The van der Waals surface area contributed by atoms with E-state index in [1.165, 1.54) is 12.6 Å². The largest absolute Gasteiger partial charge is 0.412 e. The van der Waals surface area contributed by atoms with Crippen molar-refractivity contribution in [2.75, 3.05) is 12.8 Å². The maximum absolute atomic E-state index is 5.66. The molecule has 0 spiro atoms. The summed E-state index contributed by atoms with van der Waals surface area (Å²) in [6.45, 7) is 26.5. The standard InChI is InChI=1S/C10H15N.5C2H6.CH5N.ClH.H2O.H2/c1-10(2,3)8-5-4-6-9(11)7-8;6*1-2;;;/h4-7H,11H2,1-3H3;5*1-2H3;2H2,1H3;1H;1H2;1H. The molecular formula is C21H55ClN2O. The van der Waals surface area contributed by atoms with Crippen molar-refractivity contribution in [3.8, 4) is 0 Å². The third-order valence-corrected chi connectivity index (χ3v) is 1.75. The molecule has 4 heteroatoms. The lowest BCUT2D eigenvalue weighted by Gasteiger charge is -2.18. The van der Waals surface area contributed by atoms with Crippen LogP contribution in [0.5, 0.6) is 0 Å². The van der Waals surface area contributed by atoms with E-state index in [2.05, 4.69) is 32.6 Å². The van der Waals surface area contributed by atoms with Crippen molar-refractivity contribution in [2.24, 2.45) is 5.73 Å². The molecule has 1 aromatic carbocycles. The van der Waals surface area contributed by atoms with Crippen molar-refractivity contribution in [3.63, 3.8) is 0 Å². The highest BCUT2D eigenvalue weighted by molar-refractivity contribution is 5.85. The number of nitrogen functional groups attached to an aromatic ring is 1. The van der Waals surface area contributed by atoms with E-state index in [1.807, 2.05) is 87.4 Å². The summed E-state index contributed by atoms with van der Waals surface area (Å²) < 4.78 is 0. The van der Waals surface area contributed by atoms with Gasteiger partial charge in [0.1, 0.15) is 0 Å². The molecule has 0 aromatic heterocycles. The first-order chi connectivity index (χ1) is 11.0. The quantitative estimate of drug-likeness (QED) is 0.465. The van der Waals surface area contributed by atoms with Crippen molar-refractivity contribution in [2.45, 2.75) is 95.4 Å². The van der Waals surface area contributed by atoms with Crippen LogP contribution in [0, 0.1) is 0 Å². The molecule has 0 bridgehead atoms. The van der Waals surface area contributed by atoms with Crippen LogP contribution in [0.15, 0.2) is 24.3 Å². The average molecular weight is 387 g/mol. The van der Waals surface area contributed by atoms with E-state index in [-0.39, 0.29) is 24.7 Å². The van der Waals surface area contributed by atoms with E-state index < -0.39 is 0 Å². The number of rotatable bonds is 0. The summed E-state index contributed by atoms with van der Waals surface area (Å²) in [4.78, 5) is 0. The Morgan fingerprint density at radius 1 is 0.720 bits per heavy atom. The van der Waals surface area contributed by atoms with Gasteiger partial charge in [-0.3, -0.25) is 0 Å². The smallest absolute Gasteiger partial charge is 0.0316 e. The Morgan fingerprint density at radius 2 is 1.00 bits per heavy atom. The molecule has 0 atom stereocenters. The Balaban J connectivity index is -0.0000000239. The van der Waals surface area contributed by atoms with Crippen molar-refractivity contribution < 1.29 is 6.90 Å². The maximum atomic E-state index is 5.66. The van der Waals surface area contributed by atoms with Gasteiger partial charge in [0.2, 0.25) is 0 Å². The SMILES string of the molecule is CC.CC.CC.CC.CC.CC(C)(C)c1cccc(N)c1.CN.Cl.O.[HH]. The summed E-state index contributed by atoms with van der Waals surface area (Å²) in [7, 11) is 1.50. The van der Waals surface area contributed by atoms with Crippen LogP contribution in [-0.4, -0.2) is 12.5 Å². The number of benzene rings is 1. The van der Waals surface area contributed by atoms with Crippen LogP contribution in [0.4, 0.5) is 5.69 Å². The monoisotopic (exact) mass is 386 g/mol. The Kier molecular flexibility index (Phi) is 98.3. The molecule has 0 fully saturated rings. The number of anilines is 1. The molecule has 162 valence electrons. The van der Waals surface area contributed by atoms with Gasteiger partial charge in [0.15, 0.2) is 0 Å². The normalized spacial score (nSPS) is 6.52. The van der Waals surface area contributed by atoms with Crippen molar-refractivity contribution >= 4 is 18.1 Å². The molecule has 6 N–H and O–H groups in total. The zero-order valence-corrected chi connectivity index (χ0v) is 20.7. The summed E-state index contributed by atoms with van der Waals surface area (Å²) in [5.41, 5.74) is 12.5. The first-order valence-corrected chi connectivity index (χ1v) is 9.44. The minimum atomic E-state index is 0. The van der Waals surface area contributed by atoms with Gasteiger partial charge in [-0.05, 0) is 30.2 Å². The van der Waals surface area contributed by atoms with Crippen LogP contribution < -0.4 is 11.5 Å². The Labute approximate surface area is 169 Å². The van der Waals surface area contributed by atoms with Gasteiger partial charge >= 0.3 is 0 Å². The van der Waals surface area contributed by atoms with Gasteiger partial charge in [-0.25, -0.2) is 0 Å². The molecule has 0 unspecified atom stereocenters. The molecule has 0 aliphatic rings. The predicted octanol–water partition coefficient (Wildman–Crippen LogP) is 7.12. The molecule has 0 saturated heterocycles. The molecule has 0 radical (unpaired) electrons. The number of hydrogen-bond donors (Lipinski definition) is 2. The van der Waals surface area contributed by atoms with Gasteiger partial charge in [-0.2, -0.15) is 0 Å². The fraction of sp³-hybridized carbons (Fsp3) is 0.714. The summed E-state index contributed by atoms with van der Waals surface area (Å²) in [6.07, 6.45) is 0. The molecule has 0 aliphatic carbocycles. The van der Waals surface area contributed by atoms with E-state index in [0.29, 0.717) is 0 Å². The highest BCUT2D eigenvalue weighted by Crippen LogP contribution is 2.23. The summed E-state index contributed by atoms with van der Waals surface area (Å²) in [5, 5.41) is 0. The van der Waals surface area contributed by atoms with Gasteiger partial charge in [0.25, 0.3) is 0 Å². The highest BCUT2D eigenvalue weighted by atomic mass is 35.5. The van der Waals surface area contributed by atoms with Gasteiger partial charge in [-0.15, -0.1) is 12.4 Å². The first kappa shape index (κ1) is 49.6. The zero-order chi connectivity index (χ0) is 20.5. The predicted molar refractivity (Wildman–Crippen MR) is 129 cm³/mol. The van der Waals surface area contributed by atoms with Crippen molar-refractivity contribution in [1.29, 1.82) is 0 Å². The zero-order valence-electron chi connectivity index (χ0n) is 19.9. The second kappa shape index (κ2) is 49.5. The first-order valence-electron chi connectivity index (χ1n) is 9.44. The van der Waals surface area contributed by atoms with Crippen LogP contribution in [-0.2, 0) is 5.41 Å². The molecule has 25 heavy (non-hydrogen) atoms. The third kappa shape index (κ3) is 45.1. The number of nitrogens with two attached hydrogens (primary N) is 2. The molecule has 0 saturated carbocycles. The summed E-state index contributed by atoms with van der Waals surface area (Å²) >= 11 is 0. The van der Waals surface area contributed by atoms with Crippen LogP contribution >= 0.6 is 12.4 Å². The molecular weight excluding hydrogens is 332 g/mol. The molecule has 0 aliphatic heterocycles. The second-order valence-corrected chi connectivity index (χ2v) is 3.88. The molecule has 3 nitrogen and oxygen atoms in total. The maximum Gasteiger partial charge on any atom is 0.0316 e. The molecule has 1 rings (SSSR count). The highest BCUT2D eigenvalue weighted by Gasteiger charge is 2.12. The fourth-order valence-corrected chi connectivity index (χ4v) is 1.01. The van der Waals surface area contributed by atoms with Crippen LogP contribution in [0.1, 0.15) is 97.0 Å². The van der Waals surface area contributed by atoms with E-state index in [0.717, 1.165) is 5.69 Å². The van der Waals surface area contributed by atoms with Gasteiger partial charge in [-0.1, -0.05) is 102 Å². The lowest BCUT2D eigenvalue weighted by Crippen LogP contribution is -2.10. The topological polar surface area (TPSA) is 83.5 Å². The molecule has 0 heterocycles.